The molecule has 12 amide bonds. The Hall–Kier alpha value is -7.43. The molecule has 0 saturated carbocycles. The Morgan fingerprint density at radius 1 is 0.519 bits per heavy atom. The van der Waals surface area contributed by atoms with Gasteiger partial charge in [-0.15, -0.1) is 0 Å². The van der Waals surface area contributed by atoms with Crippen LogP contribution in [0.2, 0.25) is 0 Å². The summed E-state index contributed by atoms with van der Waals surface area (Å²) < 4.78 is 17.2. The van der Waals surface area contributed by atoms with Gasteiger partial charge in [-0.2, -0.15) is 0 Å². The molecule has 1 rings (SSSR count). The molecule has 596 valence electrons. The van der Waals surface area contributed by atoms with E-state index >= 15 is 28.8 Å². The molecule has 15 atom stereocenters. The normalized spacial score (nSPS) is 25.5. The highest BCUT2D eigenvalue weighted by atomic mass is 16.6. The predicted molar refractivity (Wildman–Crippen MR) is 397 cm³/mol. The Bertz CT molecular complexity index is 2920. The Morgan fingerprint density at radius 2 is 0.981 bits per heavy atom. The second-order valence-electron chi connectivity index (χ2n) is 31.6. The van der Waals surface area contributed by atoms with E-state index < -0.39 is 185 Å². The Morgan fingerprint density at radius 3 is 1.46 bits per heavy atom. The van der Waals surface area contributed by atoms with Gasteiger partial charge in [0.1, 0.15) is 78.1 Å². The summed E-state index contributed by atoms with van der Waals surface area (Å²) in [5, 5.41) is 25.8. The second kappa shape index (κ2) is 43.3. The molecule has 0 spiro atoms. The largest absolute Gasteiger partial charge is 0.464 e. The number of aliphatic hydroxyl groups is 1. The molecule has 29 heteroatoms. The Balaban J connectivity index is 4.36. The van der Waals surface area contributed by atoms with Gasteiger partial charge in [-0.05, 0) is 142 Å². The molecule has 0 aliphatic carbocycles. The first-order chi connectivity index (χ1) is 47.9. The van der Waals surface area contributed by atoms with E-state index in [4.69, 9.17) is 14.2 Å². The SMILES string of the molecule is C/C=C/C[C@@H](C)[C@@H](O)[C@H]1C(=O)N[C@@H](CC)C(=O)N(C)[C@H](C)C(=O)N(C)[C@@H]([C@@H](C)OCCCCOC(=O)[C@@H](NC(=O)OC(C)(C)C)C(C)C)C(=O)N[C@@H](C(C)C)C(=O)N(C)[C@H](CC(C)C)C(=O)N[C@@H](C)C(=O)N[C@@H](C)C(=O)N(C)[C@@H](CC(C)C)C(=O)N(C)[C@H](CC(C)C)C(=O)N(C)[C@@H](C(C)C)C(=O)N1C. The molecule has 1 fully saturated rings. The van der Waals surface area contributed by atoms with Crippen molar-refractivity contribution in [3.8, 4) is 0 Å². The standard InChI is InChI=1S/C75H134N12O17/c1-30-32-35-47(15)61(88)60-65(92)78-52(31-2)68(95)81(23)50(18)67(94)86(28)59(51(19)102-36-33-34-37-103-73(100)57(45(11)12)80-74(101)104-75(20,21)22)64(91)79-56(44(9)10)71(98)82(24)53(38-41(3)4)63(90)76-48(16)62(89)77-49(17)66(93)83(25)54(39-42(5)6)69(96)84(26)55(40-43(7)8)70(97)85(27)58(46(13)14)72(99)87(60)29/h30,32,41-61,88H,31,33-40H2,1-29H3,(H,76,90)(H,77,89)(H,78,92)(H,79,91)(H,80,101)/b32-30+/t47-,48+,49+,50-,51-,52+,53-,54+,55-,56+,57+,58+,59+,60+,61-/m1/s1. The number of amides is 12. The minimum absolute atomic E-state index is 0.0439. The number of esters is 1. The molecule has 0 unspecified atom stereocenters. The average molecular weight is 1480 g/mol. The summed E-state index contributed by atoms with van der Waals surface area (Å²) in [6, 6.07) is -15.8. The fourth-order valence-electron chi connectivity index (χ4n) is 12.4. The summed E-state index contributed by atoms with van der Waals surface area (Å²) in [6.45, 7) is 37.2. The number of aliphatic hydroxyl groups excluding tert-OH is 1. The van der Waals surface area contributed by atoms with Crippen LogP contribution in [-0.2, 0) is 71.7 Å². The van der Waals surface area contributed by atoms with Gasteiger partial charge < -0.3 is 80.2 Å². The zero-order chi connectivity index (χ0) is 80.6. The number of nitrogens with one attached hydrogen (secondary N) is 5. The van der Waals surface area contributed by atoms with Gasteiger partial charge in [-0.1, -0.05) is 109 Å². The van der Waals surface area contributed by atoms with Crippen molar-refractivity contribution in [1.82, 2.24) is 60.9 Å². The third-order valence-electron chi connectivity index (χ3n) is 19.0. The summed E-state index contributed by atoms with van der Waals surface area (Å²) in [6.07, 6.45) is 1.12. The van der Waals surface area contributed by atoms with Crippen molar-refractivity contribution in [3.05, 3.63) is 12.2 Å². The highest BCUT2D eigenvalue weighted by molar-refractivity contribution is 6.00. The number of hydrogen-bond donors (Lipinski definition) is 6. The van der Waals surface area contributed by atoms with Crippen LogP contribution in [0.15, 0.2) is 12.2 Å². The first-order valence-corrected chi connectivity index (χ1v) is 37.1. The fraction of sp³-hybridized carbons (Fsp3) is 0.800. The summed E-state index contributed by atoms with van der Waals surface area (Å²) >= 11 is 0. The van der Waals surface area contributed by atoms with Gasteiger partial charge in [0, 0.05) is 55.9 Å². The van der Waals surface area contributed by atoms with Crippen LogP contribution in [0, 0.1) is 41.4 Å². The van der Waals surface area contributed by atoms with Crippen LogP contribution in [0.1, 0.15) is 197 Å². The molecule has 1 heterocycles. The van der Waals surface area contributed by atoms with Crippen LogP contribution in [0.4, 0.5) is 4.79 Å². The van der Waals surface area contributed by atoms with Crippen LogP contribution in [0.5, 0.6) is 0 Å². The molecular weight excluding hydrogens is 1340 g/mol. The number of allylic oxidation sites excluding steroid dienone is 2. The van der Waals surface area contributed by atoms with E-state index in [0.29, 0.717) is 0 Å². The van der Waals surface area contributed by atoms with Crippen LogP contribution in [0.3, 0.4) is 0 Å². The molecule has 0 aromatic heterocycles. The minimum atomic E-state index is -1.68. The van der Waals surface area contributed by atoms with Crippen molar-refractivity contribution < 1.29 is 81.6 Å². The van der Waals surface area contributed by atoms with Gasteiger partial charge in [-0.3, -0.25) is 52.7 Å². The number of likely N-dealkylation sites (N-methyl/N-ethyl adjacent to an activating group) is 7. The lowest BCUT2D eigenvalue weighted by Gasteiger charge is -2.41. The van der Waals surface area contributed by atoms with Crippen LogP contribution in [0.25, 0.3) is 0 Å². The highest BCUT2D eigenvalue weighted by Gasteiger charge is 2.47. The van der Waals surface area contributed by atoms with Crippen LogP contribution >= 0.6 is 0 Å². The van der Waals surface area contributed by atoms with Gasteiger partial charge in [0.05, 0.1) is 18.8 Å². The second-order valence-corrected chi connectivity index (χ2v) is 31.6. The van der Waals surface area contributed by atoms with Crippen LogP contribution < -0.4 is 26.6 Å². The summed E-state index contributed by atoms with van der Waals surface area (Å²) in [5.74, 6) is -11.8. The lowest BCUT2D eigenvalue weighted by Crippen LogP contribution is -2.64. The minimum Gasteiger partial charge on any atom is -0.464 e. The maximum Gasteiger partial charge on any atom is 0.408 e. The van der Waals surface area contributed by atoms with E-state index in [0.717, 1.165) is 14.7 Å². The molecule has 1 saturated heterocycles. The topological polar surface area (TPSA) is 353 Å². The van der Waals surface area contributed by atoms with E-state index in [1.54, 1.807) is 95.2 Å². The summed E-state index contributed by atoms with van der Waals surface area (Å²) in [4.78, 5) is 198. The van der Waals surface area contributed by atoms with Crippen molar-refractivity contribution in [2.45, 2.75) is 288 Å². The fourth-order valence-corrected chi connectivity index (χ4v) is 12.4. The maximum atomic E-state index is 15.3. The van der Waals surface area contributed by atoms with E-state index in [1.165, 1.54) is 96.6 Å². The third-order valence-corrected chi connectivity index (χ3v) is 19.0. The predicted octanol–water partition coefficient (Wildman–Crippen LogP) is 4.89. The molecule has 6 N–H and O–H groups in total. The molecule has 0 radical (unpaired) electrons. The quantitative estimate of drug-likeness (QED) is 0.0450. The zero-order valence-electron chi connectivity index (χ0n) is 68.3. The van der Waals surface area contributed by atoms with Gasteiger partial charge in [0.25, 0.3) is 0 Å². The number of ether oxygens (including phenoxy) is 3. The third kappa shape index (κ3) is 27.8. The lowest BCUT2D eigenvalue weighted by atomic mass is 9.91. The van der Waals surface area contributed by atoms with Crippen molar-refractivity contribution in [1.29, 1.82) is 0 Å². The van der Waals surface area contributed by atoms with Gasteiger partial charge in [0.15, 0.2) is 0 Å². The number of carbonyl (C=O) groups is 13. The first-order valence-electron chi connectivity index (χ1n) is 37.1. The molecular formula is C75H134N12O17. The monoisotopic (exact) mass is 1470 g/mol. The summed E-state index contributed by atoms with van der Waals surface area (Å²) in [7, 11) is 9.67. The van der Waals surface area contributed by atoms with Gasteiger partial charge in [0.2, 0.25) is 65.0 Å². The molecule has 1 aliphatic rings. The van der Waals surface area contributed by atoms with Crippen LogP contribution in [-0.4, -0.2) is 269 Å². The number of alkyl carbamates (subject to hydrolysis) is 1. The Labute approximate surface area is 620 Å². The number of carbonyl (C=O) groups excluding carboxylic acids is 13. The smallest absolute Gasteiger partial charge is 0.408 e. The number of unbranched alkanes of at least 4 members (excludes halogenated alkanes) is 1. The molecule has 29 nitrogen and oxygen atoms in total. The van der Waals surface area contributed by atoms with Gasteiger partial charge in [-0.25, -0.2) is 9.59 Å². The molecule has 104 heavy (non-hydrogen) atoms. The molecule has 0 bridgehead atoms. The molecule has 0 aromatic carbocycles. The summed E-state index contributed by atoms with van der Waals surface area (Å²) in [5.41, 5.74) is -0.815. The number of hydrogen-bond acceptors (Lipinski definition) is 17. The van der Waals surface area contributed by atoms with E-state index in [9.17, 15) is 38.7 Å². The first kappa shape index (κ1) is 94.6. The Kier molecular flexibility index (Phi) is 39.3. The van der Waals surface area contributed by atoms with E-state index in [-0.39, 0.29) is 81.8 Å². The van der Waals surface area contributed by atoms with Gasteiger partial charge >= 0.3 is 12.1 Å². The van der Waals surface area contributed by atoms with Crippen molar-refractivity contribution in [2.24, 2.45) is 41.4 Å². The van der Waals surface area contributed by atoms with E-state index in [1.807, 2.05) is 41.5 Å². The lowest BCUT2D eigenvalue weighted by molar-refractivity contribution is -0.157. The zero-order valence-corrected chi connectivity index (χ0v) is 68.3. The molecule has 1 aliphatic heterocycles. The van der Waals surface area contributed by atoms with Crippen molar-refractivity contribution in [3.63, 3.8) is 0 Å². The molecule has 0 aromatic rings. The number of nitrogens with zero attached hydrogens (tertiary/aromatic N) is 7. The average Bonchev–Trinajstić information content (AvgIpc) is 0.825. The highest BCUT2D eigenvalue weighted by Crippen LogP contribution is 2.26. The number of rotatable bonds is 23. The van der Waals surface area contributed by atoms with Crippen molar-refractivity contribution in [2.75, 3.05) is 62.5 Å². The van der Waals surface area contributed by atoms with Crippen molar-refractivity contribution >= 4 is 77.0 Å². The maximum absolute atomic E-state index is 15.3. The van der Waals surface area contributed by atoms with E-state index in [2.05, 4.69) is 26.6 Å².